The van der Waals surface area contributed by atoms with Crippen molar-refractivity contribution in [2.24, 2.45) is 0 Å². The Morgan fingerprint density at radius 2 is 1.80 bits per heavy atom. The van der Waals surface area contributed by atoms with Crippen LogP contribution in [0.4, 0.5) is 0 Å². The molecule has 0 aromatic heterocycles. The van der Waals surface area contributed by atoms with Crippen molar-refractivity contribution >= 4 is 5.91 Å². The first-order chi connectivity index (χ1) is 14.6. The molecule has 1 atom stereocenters. The van der Waals surface area contributed by atoms with E-state index in [1.165, 1.54) is 0 Å². The molecule has 6 nitrogen and oxygen atoms in total. The molecule has 1 fully saturated rings. The summed E-state index contributed by atoms with van der Waals surface area (Å²) in [5, 5.41) is 3.10. The van der Waals surface area contributed by atoms with Crippen molar-refractivity contribution in [3.8, 4) is 11.5 Å². The Hall–Kier alpha value is -2.57. The zero-order valence-electron chi connectivity index (χ0n) is 18.1. The second-order valence-corrected chi connectivity index (χ2v) is 7.36. The van der Waals surface area contributed by atoms with Gasteiger partial charge < -0.3 is 19.5 Å². The van der Waals surface area contributed by atoms with E-state index in [2.05, 4.69) is 16.3 Å². The third-order valence-corrected chi connectivity index (χ3v) is 5.11. The quantitative estimate of drug-likeness (QED) is 0.679. The summed E-state index contributed by atoms with van der Waals surface area (Å²) in [5.74, 6) is 1.33. The minimum atomic E-state index is -0.157. The maximum Gasteiger partial charge on any atom is 0.251 e. The van der Waals surface area contributed by atoms with Crippen LogP contribution in [0.25, 0.3) is 0 Å². The predicted molar refractivity (Wildman–Crippen MR) is 117 cm³/mol. The summed E-state index contributed by atoms with van der Waals surface area (Å²) in [6.07, 6.45) is 0. The molecule has 0 aliphatic carbocycles. The normalized spacial score (nSPS) is 15.4. The zero-order chi connectivity index (χ0) is 21.3. The van der Waals surface area contributed by atoms with Gasteiger partial charge in [-0.05, 0) is 56.2 Å². The molecule has 2 aromatic rings. The van der Waals surface area contributed by atoms with Gasteiger partial charge in [0.2, 0.25) is 0 Å². The van der Waals surface area contributed by atoms with Crippen LogP contribution in [0.2, 0.25) is 0 Å². The summed E-state index contributed by atoms with van der Waals surface area (Å²) < 4.78 is 16.7. The van der Waals surface area contributed by atoms with Crippen molar-refractivity contribution in [3.63, 3.8) is 0 Å². The predicted octanol–water partition coefficient (Wildman–Crippen LogP) is 3.81. The molecule has 1 saturated heterocycles. The molecule has 0 saturated carbocycles. The van der Waals surface area contributed by atoms with Gasteiger partial charge in [0.15, 0.2) is 11.5 Å². The first kappa shape index (κ1) is 22.1. The Balaban J connectivity index is 1.66. The highest BCUT2D eigenvalue weighted by Gasteiger charge is 2.16. The highest BCUT2D eigenvalue weighted by atomic mass is 16.5. The summed E-state index contributed by atoms with van der Waals surface area (Å²) in [6.45, 7) is 11.2. The lowest BCUT2D eigenvalue weighted by molar-refractivity contribution is 0.0342. The molecule has 162 valence electrons. The van der Waals surface area contributed by atoms with Crippen LogP contribution in [0, 0.1) is 0 Å². The molecule has 1 unspecified atom stereocenters. The average Bonchev–Trinajstić information content (AvgIpc) is 2.76. The molecule has 1 heterocycles. The third kappa shape index (κ3) is 5.97. The van der Waals surface area contributed by atoms with Gasteiger partial charge in [-0.3, -0.25) is 9.69 Å². The Morgan fingerprint density at radius 1 is 1.07 bits per heavy atom. The largest absolute Gasteiger partial charge is 0.490 e. The van der Waals surface area contributed by atoms with Crippen LogP contribution >= 0.6 is 0 Å². The highest BCUT2D eigenvalue weighted by molar-refractivity contribution is 5.94. The van der Waals surface area contributed by atoms with Gasteiger partial charge in [-0.2, -0.15) is 0 Å². The van der Waals surface area contributed by atoms with Gasteiger partial charge in [-0.1, -0.05) is 18.2 Å². The molecule has 1 aliphatic heterocycles. The number of benzene rings is 2. The molecule has 1 N–H and O–H groups in total. The van der Waals surface area contributed by atoms with E-state index in [1.54, 1.807) is 0 Å². The van der Waals surface area contributed by atoms with E-state index in [-0.39, 0.29) is 11.9 Å². The molecule has 0 radical (unpaired) electrons. The van der Waals surface area contributed by atoms with E-state index in [1.807, 2.05) is 57.2 Å². The molecule has 1 aliphatic rings. The van der Waals surface area contributed by atoms with E-state index >= 15 is 0 Å². The van der Waals surface area contributed by atoms with Crippen molar-refractivity contribution in [2.45, 2.75) is 33.4 Å². The summed E-state index contributed by atoms with van der Waals surface area (Å²) in [4.78, 5) is 15.2. The SMILES string of the molecule is CCOc1ccc(C(C)NC(=O)c2cccc(CN3CCOCC3)c2)cc1OCC. The molecule has 3 rings (SSSR count). The number of ether oxygens (including phenoxy) is 3. The molecule has 0 spiro atoms. The number of hydrogen-bond acceptors (Lipinski definition) is 5. The van der Waals surface area contributed by atoms with Crippen LogP contribution in [-0.4, -0.2) is 50.3 Å². The van der Waals surface area contributed by atoms with E-state index in [9.17, 15) is 4.79 Å². The van der Waals surface area contributed by atoms with Gasteiger partial charge in [-0.15, -0.1) is 0 Å². The number of nitrogens with one attached hydrogen (secondary N) is 1. The number of nitrogens with zero attached hydrogens (tertiary/aromatic N) is 1. The fraction of sp³-hybridized carbons (Fsp3) is 0.458. The molecule has 2 aromatic carbocycles. The Bertz CT molecular complexity index is 834. The Morgan fingerprint density at radius 3 is 2.53 bits per heavy atom. The number of rotatable bonds is 9. The zero-order valence-corrected chi connectivity index (χ0v) is 18.1. The van der Waals surface area contributed by atoms with Crippen molar-refractivity contribution < 1.29 is 19.0 Å². The second-order valence-electron chi connectivity index (χ2n) is 7.36. The van der Waals surface area contributed by atoms with Crippen LogP contribution < -0.4 is 14.8 Å². The smallest absolute Gasteiger partial charge is 0.251 e. The third-order valence-electron chi connectivity index (χ3n) is 5.11. The van der Waals surface area contributed by atoms with Crippen molar-refractivity contribution in [2.75, 3.05) is 39.5 Å². The molecule has 6 heteroatoms. The first-order valence-corrected chi connectivity index (χ1v) is 10.7. The monoisotopic (exact) mass is 412 g/mol. The van der Waals surface area contributed by atoms with Crippen LogP contribution in [0.1, 0.15) is 48.3 Å². The van der Waals surface area contributed by atoms with Crippen LogP contribution in [0.3, 0.4) is 0 Å². The van der Waals surface area contributed by atoms with Gasteiger partial charge in [0.25, 0.3) is 5.91 Å². The van der Waals surface area contributed by atoms with Gasteiger partial charge in [0.1, 0.15) is 0 Å². The van der Waals surface area contributed by atoms with Gasteiger partial charge in [0, 0.05) is 25.2 Å². The van der Waals surface area contributed by atoms with E-state index < -0.39 is 0 Å². The van der Waals surface area contributed by atoms with Crippen molar-refractivity contribution in [1.82, 2.24) is 10.2 Å². The highest BCUT2D eigenvalue weighted by Crippen LogP contribution is 2.30. The van der Waals surface area contributed by atoms with Crippen LogP contribution in [0.5, 0.6) is 11.5 Å². The summed E-state index contributed by atoms with van der Waals surface area (Å²) in [7, 11) is 0. The lowest BCUT2D eigenvalue weighted by Crippen LogP contribution is -2.35. The molecular formula is C24H32N2O4. The number of carbonyl (C=O) groups is 1. The number of hydrogen-bond donors (Lipinski definition) is 1. The number of amides is 1. The second kappa shape index (κ2) is 11.0. The fourth-order valence-electron chi connectivity index (χ4n) is 3.53. The van der Waals surface area contributed by atoms with Crippen LogP contribution in [-0.2, 0) is 11.3 Å². The molecular weight excluding hydrogens is 380 g/mol. The summed E-state index contributed by atoms with van der Waals surface area (Å²) in [6, 6.07) is 13.5. The standard InChI is InChI=1S/C24H32N2O4/c1-4-29-22-10-9-20(16-23(22)30-5-2)18(3)25-24(27)21-8-6-7-19(15-21)17-26-11-13-28-14-12-26/h6-10,15-16,18H,4-5,11-14,17H2,1-3H3,(H,25,27). The van der Waals surface area contributed by atoms with E-state index in [0.717, 1.165) is 49.7 Å². The Labute approximate surface area is 179 Å². The van der Waals surface area contributed by atoms with E-state index in [0.29, 0.717) is 24.5 Å². The maximum atomic E-state index is 12.9. The average molecular weight is 413 g/mol. The number of carbonyl (C=O) groups excluding carboxylic acids is 1. The lowest BCUT2D eigenvalue weighted by atomic mass is 10.1. The van der Waals surface area contributed by atoms with Gasteiger partial charge >= 0.3 is 0 Å². The van der Waals surface area contributed by atoms with Crippen molar-refractivity contribution in [3.05, 3.63) is 59.2 Å². The first-order valence-electron chi connectivity index (χ1n) is 10.7. The molecule has 0 bridgehead atoms. The molecule has 30 heavy (non-hydrogen) atoms. The Kier molecular flexibility index (Phi) is 8.11. The minimum Gasteiger partial charge on any atom is -0.490 e. The van der Waals surface area contributed by atoms with Gasteiger partial charge in [-0.25, -0.2) is 0 Å². The number of morpholine rings is 1. The lowest BCUT2D eigenvalue weighted by Gasteiger charge is -2.26. The molecule has 1 amide bonds. The van der Waals surface area contributed by atoms with Crippen LogP contribution in [0.15, 0.2) is 42.5 Å². The minimum absolute atomic E-state index is 0.0850. The summed E-state index contributed by atoms with van der Waals surface area (Å²) >= 11 is 0. The van der Waals surface area contributed by atoms with Crippen molar-refractivity contribution in [1.29, 1.82) is 0 Å². The van der Waals surface area contributed by atoms with Gasteiger partial charge in [0.05, 0.1) is 32.5 Å². The topological polar surface area (TPSA) is 60.0 Å². The fourth-order valence-corrected chi connectivity index (χ4v) is 3.53. The van der Waals surface area contributed by atoms with E-state index in [4.69, 9.17) is 14.2 Å². The summed E-state index contributed by atoms with van der Waals surface area (Å²) in [5.41, 5.74) is 2.78. The maximum absolute atomic E-state index is 12.9.